The van der Waals surface area contributed by atoms with Crippen LogP contribution in [0.5, 0.6) is 0 Å². The Kier molecular flexibility index (Phi) is 5.81. The van der Waals surface area contributed by atoms with Crippen molar-refractivity contribution in [3.63, 3.8) is 0 Å². The van der Waals surface area contributed by atoms with Gasteiger partial charge in [0.15, 0.2) is 0 Å². The molecule has 0 radical (unpaired) electrons. The molecule has 30 heavy (non-hydrogen) atoms. The standard InChI is InChI=1S/C23H29FN6/c1-16-19(12-26-29(16)4)15-30-11-5-6-18(14-30)22-21(13-25-23(27-22)28(2)3)17-7-9-20(24)10-8-17/h7-10,12-13,18H,5-6,11,14-15H2,1-4H3. The second-order valence-electron chi connectivity index (χ2n) is 8.32. The zero-order chi connectivity index (χ0) is 21.3. The van der Waals surface area contributed by atoms with E-state index in [0.29, 0.717) is 11.9 Å². The molecule has 7 heteroatoms. The smallest absolute Gasteiger partial charge is 0.225 e. The zero-order valence-electron chi connectivity index (χ0n) is 18.1. The Hall–Kier alpha value is -2.80. The fourth-order valence-electron chi connectivity index (χ4n) is 4.13. The summed E-state index contributed by atoms with van der Waals surface area (Å²) in [7, 11) is 5.89. The van der Waals surface area contributed by atoms with E-state index >= 15 is 0 Å². The molecule has 1 saturated heterocycles. The van der Waals surface area contributed by atoms with Crippen LogP contribution in [-0.4, -0.2) is 51.8 Å². The summed E-state index contributed by atoms with van der Waals surface area (Å²) in [6.07, 6.45) is 6.06. The Balaban J connectivity index is 1.64. The van der Waals surface area contributed by atoms with E-state index < -0.39 is 0 Å². The van der Waals surface area contributed by atoms with E-state index in [2.05, 4.69) is 21.9 Å². The molecule has 1 atom stereocenters. The van der Waals surface area contributed by atoms with Crippen molar-refractivity contribution in [2.45, 2.75) is 32.2 Å². The molecule has 2 aromatic heterocycles. The van der Waals surface area contributed by atoms with Crippen LogP contribution in [0.15, 0.2) is 36.7 Å². The number of halogens is 1. The molecular weight excluding hydrogens is 379 g/mol. The first-order valence-electron chi connectivity index (χ1n) is 10.4. The van der Waals surface area contributed by atoms with Gasteiger partial charge in [0.25, 0.3) is 0 Å². The minimum Gasteiger partial charge on any atom is -0.347 e. The molecule has 1 aliphatic heterocycles. The van der Waals surface area contributed by atoms with Gasteiger partial charge in [0.05, 0.1) is 11.9 Å². The van der Waals surface area contributed by atoms with E-state index in [-0.39, 0.29) is 5.82 Å². The maximum Gasteiger partial charge on any atom is 0.225 e. The number of hydrogen-bond donors (Lipinski definition) is 0. The van der Waals surface area contributed by atoms with Gasteiger partial charge in [0, 0.05) is 63.2 Å². The summed E-state index contributed by atoms with van der Waals surface area (Å²) in [4.78, 5) is 13.9. The molecular formula is C23H29FN6. The van der Waals surface area contributed by atoms with Crippen LogP contribution in [0.2, 0.25) is 0 Å². The molecule has 3 heterocycles. The highest BCUT2D eigenvalue weighted by Crippen LogP contribution is 2.34. The first-order chi connectivity index (χ1) is 14.4. The van der Waals surface area contributed by atoms with E-state index in [9.17, 15) is 4.39 Å². The first kappa shape index (κ1) is 20.5. The highest BCUT2D eigenvalue weighted by molar-refractivity contribution is 5.66. The second kappa shape index (κ2) is 8.52. The van der Waals surface area contributed by atoms with E-state index in [1.54, 1.807) is 0 Å². The predicted octanol–water partition coefficient (Wildman–Crippen LogP) is 3.77. The van der Waals surface area contributed by atoms with Crippen molar-refractivity contribution in [3.05, 3.63) is 59.4 Å². The third-order valence-corrected chi connectivity index (χ3v) is 5.98. The van der Waals surface area contributed by atoms with E-state index in [0.717, 1.165) is 49.3 Å². The number of aryl methyl sites for hydroxylation is 1. The number of rotatable bonds is 5. The van der Waals surface area contributed by atoms with Crippen LogP contribution in [-0.2, 0) is 13.6 Å². The minimum absolute atomic E-state index is 0.234. The number of piperidine rings is 1. The fourth-order valence-corrected chi connectivity index (χ4v) is 4.13. The van der Waals surface area contributed by atoms with Crippen molar-refractivity contribution in [2.75, 3.05) is 32.1 Å². The lowest BCUT2D eigenvalue weighted by atomic mass is 9.89. The minimum atomic E-state index is -0.234. The molecule has 0 amide bonds. The molecule has 1 aromatic carbocycles. The van der Waals surface area contributed by atoms with Gasteiger partial charge < -0.3 is 4.90 Å². The number of anilines is 1. The third kappa shape index (κ3) is 4.21. The number of aromatic nitrogens is 4. The first-order valence-corrected chi connectivity index (χ1v) is 10.4. The van der Waals surface area contributed by atoms with Crippen LogP contribution in [0, 0.1) is 12.7 Å². The van der Waals surface area contributed by atoms with Gasteiger partial charge in [-0.15, -0.1) is 0 Å². The Labute approximate surface area is 177 Å². The maximum absolute atomic E-state index is 13.5. The molecule has 0 saturated carbocycles. The molecule has 0 aliphatic carbocycles. The molecule has 3 aromatic rings. The summed E-state index contributed by atoms with van der Waals surface area (Å²) in [6, 6.07) is 6.62. The Morgan fingerprint density at radius 1 is 1.17 bits per heavy atom. The average Bonchev–Trinajstić information content (AvgIpc) is 3.06. The molecule has 1 aliphatic rings. The van der Waals surface area contributed by atoms with Crippen molar-refractivity contribution < 1.29 is 4.39 Å². The van der Waals surface area contributed by atoms with Crippen molar-refractivity contribution in [1.29, 1.82) is 0 Å². The Morgan fingerprint density at radius 2 is 1.93 bits per heavy atom. The van der Waals surface area contributed by atoms with E-state index in [1.807, 2.05) is 55.3 Å². The van der Waals surface area contributed by atoms with Crippen molar-refractivity contribution in [1.82, 2.24) is 24.6 Å². The molecule has 0 N–H and O–H groups in total. The van der Waals surface area contributed by atoms with Gasteiger partial charge >= 0.3 is 0 Å². The molecule has 4 rings (SSSR count). The van der Waals surface area contributed by atoms with Gasteiger partial charge in [0.1, 0.15) is 5.82 Å². The van der Waals surface area contributed by atoms with Crippen LogP contribution in [0.3, 0.4) is 0 Å². The van der Waals surface area contributed by atoms with Gasteiger partial charge in [-0.2, -0.15) is 5.10 Å². The number of nitrogens with zero attached hydrogens (tertiary/aromatic N) is 6. The quantitative estimate of drug-likeness (QED) is 0.643. The fraction of sp³-hybridized carbons (Fsp3) is 0.435. The molecule has 0 spiro atoms. The van der Waals surface area contributed by atoms with E-state index in [4.69, 9.17) is 4.98 Å². The van der Waals surface area contributed by atoms with Gasteiger partial charge in [0.2, 0.25) is 5.95 Å². The largest absolute Gasteiger partial charge is 0.347 e. The number of hydrogen-bond acceptors (Lipinski definition) is 5. The molecule has 1 unspecified atom stereocenters. The SMILES string of the molecule is Cc1c(CN2CCCC(c3nc(N(C)C)ncc3-c3ccc(F)cc3)C2)cnn1C. The van der Waals surface area contributed by atoms with Crippen LogP contribution >= 0.6 is 0 Å². The van der Waals surface area contributed by atoms with Crippen molar-refractivity contribution >= 4 is 5.95 Å². The predicted molar refractivity (Wildman–Crippen MR) is 117 cm³/mol. The van der Waals surface area contributed by atoms with Crippen LogP contribution < -0.4 is 4.90 Å². The maximum atomic E-state index is 13.5. The van der Waals surface area contributed by atoms with Gasteiger partial charge in [-0.05, 0) is 44.0 Å². The van der Waals surface area contributed by atoms with Gasteiger partial charge in [-0.25, -0.2) is 14.4 Å². The second-order valence-corrected chi connectivity index (χ2v) is 8.32. The Morgan fingerprint density at radius 3 is 2.60 bits per heavy atom. The average molecular weight is 409 g/mol. The molecule has 6 nitrogen and oxygen atoms in total. The topological polar surface area (TPSA) is 50.1 Å². The van der Waals surface area contributed by atoms with Crippen molar-refractivity contribution in [2.24, 2.45) is 7.05 Å². The normalized spacial score (nSPS) is 17.3. The van der Waals surface area contributed by atoms with Crippen LogP contribution in [0.1, 0.15) is 35.7 Å². The highest BCUT2D eigenvalue weighted by atomic mass is 19.1. The monoisotopic (exact) mass is 408 g/mol. The summed E-state index contributed by atoms with van der Waals surface area (Å²) in [6.45, 7) is 5.02. The van der Waals surface area contributed by atoms with Gasteiger partial charge in [-0.3, -0.25) is 9.58 Å². The summed E-state index contributed by atoms with van der Waals surface area (Å²) in [5, 5.41) is 4.38. The Bertz CT molecular complexity index is 1010. The van der Waals surface area contributed by atoms with Crippen LogP contribution in [0.4, 0.5) is 10.3 Å². The van der Waals surface area contributed by atoms with E-state index in [1.165, 1.54) is 23.4 Å². The summed E-state index contributed by atoms with van der Waals surface area (Å²) < 4.78 is 15.4. The summed E-state index contributed by atoms with van der Waals surface area (Å²) in [5.41, 5.74) is 5.48. The third-order valence-electron chi connectivity index (χ3n) is 5.98. The number of likely N-dealkylation sites (tertiary alicyclic amines) is 1. The highest BCUT2D eigenvalue weighted by Gasteiger charge is 2.26. The summed E-state index contributed by atoms with van der Waals surface area (Å²) in [5.74, 6) is 0.774. The lowest BCUT2D eigenvalue weighted by molar-refractivity contribution is 0.198. The molecule has 0 bridgehead atoms. The van der Waals surface area contributed by atoms with Gasteiger partial charge in [-0.1, -0.05) is 12.1 Å². The summed E-state index contributed by atoms with van der Waals surface area (Å²) >= 11 is 0. The van der Waals surface area contributed by atoms with Crippen LogP contribution in [0.25, 0.3) is 11.1 Å². The zero-order valence-corrected chi connectivity index (χ0v) is 18.1. The lowest BCUT2D eigenvalue weighted by Gasteiger charge is -2.33. The molecule has 158 valence electrons. The molecule has 1 fully saturated rings. The lowest BCUT2D eigenvalue weighted by Crippen LogP contribution is -2.34. The van der Waals surface area contributed by atoms with Crippen molar-refractivity contribution in [3.8, 4) is 11.1 Å². The number of benzene rings is 1.